The third-order valence-electron chi connectivity index (χ3n) is 7.30. The van der Waals surface area contributed by atoms with E-state index in [1.165, 1.54) is 89.9 Å². The Morgan fingerprint density at radius 3 is 2.05 bits per heavy atom. The van der Waals surface area contributed by atoms with Gasteiger partial charge in [0.2, 0.25) is 5.51 Å². The molecule has 0 N–H and O–H groups in total. The minimum absolute atomic E-state index is 0.158. The van der Waals surface area contributed by atoms with Crippen LogP contribution in [0.2, 0.25) is 0 Å². The number of carbonyl (C=O) groups is 1. The van der Waals surface area contributed by atoms with Gasteiger partial charge in [0.15, 0.2) is 12.5 Å². The van der Waals surface area contributed by atoms with E-state index in [2.05, 4.69) is 28.6 Å². The molecular formula is C31H56NO5S+. The van der Waals surface area contributed by atoms with Gasteiger partial charge in [-0.15, -0.1) is 0 Å². The molecule has 2 unspecified atom stereocenters. The molecule has 0 aromatic carbocycles. The monoisotopic (exact) mass is 554 g/mol. The minimum atomic E-state index is -0.603. The molecule has 220 valence electrons. The van der Waals surface area contributed by atoms with Crippen LogP contribution in [-0.2, 0) is 25.5 Å². The Morgan fingerprint density at radius 1 is 0.816 bits per heavy atom. The summed E-state index contributed by atoms with van der Waals surface area (Å²) in [5, 5.41) is 2.09. The van der Waals surface area contributed by atoms with Gasteiger partial charge in [0.25, 0.3) is 0 Å². The second-order valence-electron chi connectivity index (χ2n) is 10.8. The molecule has 0 saturated carbocycles. The fourth-order valence-corrected chi connectivity index (χ4v) is 5.56. The first-order valence-electron chi connectivity index (χ1n) is 15.8. The minimum Gasteiger partial charge on any atom is -0.434 e. The maximum atomic E-state index is 11.8. The first kappa shape index (κ1) is 33.0. The summed E-state index contributed by atoms with van der Waals surface area (Å²) in [4.78, 5) is 11.8. The van der Waals surface area contributed by atoms with E-state index in [1.54, 1.807) is 11.3 Å². The summed E-state index contributed by atoms with van der Waals surface area (Å²) in [5.74, 6) is 0. The molecule has 1 aliphatic heterocycles. The van der Waals surface area contributed by atoms with Gasteiger partial charge in [-0.2, -0.15) is 4.57 Å². The van der Waals surface area contributed by atoms with Gasteiger partial charge in [-0.05, 0) is 32.1 Å². The molecule has 7 heteroatoms. The summed E-state index contributed by atoms with van der Waals surface area (Å²) in [6.07, 6.45) is 26.8. The Morgan fingerprint density at radius 2 is 1.42 bits per heavy atom. The Balaban J connectivity index is 1.29. The highest BCUT2D eigenvalue weighted by Crippen LogP contribution is 2.19. The molecule has 0 bridgehead atoms. The van der Waals surface area contributed by atoms with E-state index in [-0.39, 0.29) is 19.0 Å². The van der Waals surface area contributed by atoms with Crippen molar-refractivity contribution in [3.63, 3.8) is 0 Å². The van der Waals surface area contributed by atoms with Crippen molar-refractivity contribution in [3.05, 3.63) is 17.1 Å². The summed E-state index contributed by atoms with van der Waals surface area (Å²) in [6.45, 7) is 4.43. The highest BCUT2D eigenvalue weighted by Gasteiger charge is 2.26. The summed E-state index contributed by atoms with van der Waals surface area (Å²) in [5.41, 5.74) is 2.13. The van der Waals surface area contributed by atoms with Crippen LogP contribution >= 0.6 is 11.3 Å². The number of rotatable bonds is 25. The Kier molecular flexibility index (Phi) is 20.6. The van der Waals surface area contributed by atoms with Crippen molar-refractivity contribution < 1.29 is 28.3 Å². The summed E-state index contributed by atoms with van der Waals surface area (Å²) < 4.78 is 24.2. The van der Waals surface area contributed by atoms with Crippen LogP contribution in [0.15, 0.2) is 17.1 Å². The van der Waals surface area contributed by atoms with E-state index < -0.39 is 6.16 Å². The molecule has 2 heterocycles. The summed E-state index contributed by atoms with van der Waals surface area (Å²) >= 11 is 1.71. The fraction of sp³-hybridized carbons (Fsp3) is 0.871. The standard InChI is InChI=1S/C31H56NO5S/c1-2-3-4-5-6-7-8-9-10-11-12-13-14-15-18-21-30-35-26-29(37-30)27-36-31(33)34-24-20-17-16-19-22-32-23-25-38-28-32/h23,25,28-30H,2-22,24,26-27H2,1H3/q+1. The quantitative estimate of drug-likeness (QED) is 0.0687. The number of nitrogens with zero attached hydrogens (tertiary/aromatic N) is 1. The zero-order valence-electron chi connectivity index (χ0n) is 24.3. The lowest BCUT2D eigenvalue weighted by Gasteiger charge is -2.12. The number of hydrogen-bond donors (Lipinski definition) is 0. The number of unbranched alkanes of at least 4 members (excludes halogenated alkanes) is 17. The molecule has 2 rings (SSSR count). The lowest BCUT2D eigenvalue weighted by Crippen LogP contribution is -2.29. The molecule has 0 amide bonds. The van der Waals surface area contributed by atoms with Gasteiger partial charge in [0, 0.05) is 6.42 Å². The number of carbonyl (C=O) groups excluding carboxylic acids is 1. The van der Waals surface area contributed by atoms with Crippen LogP contribution in [0.25, 0.3) is 0 Å². The first-order chi connectivity index (χ1) is 18.8. The van der Waals surface area contributed by atoms with E-state index in [0.29, 0.717) is 13.2 Å². The molecule has 0 aliphatic carbocycles. The lowest BCUT2D eigenvalue weighted by molar-refractivity contribution is -0.692. The Hall–Kier alpha value is -1.18. The second kappa shape index (κ2) is 23.7. The van der Waals surface area contributed by atoms with Crippen LogP contribution in [0.5, 0.6) is 0 Å². The van der Waals surface area contributed by atoms with E-state index >= 15 is 0 Å². The molecule has 1 fully saturated rings. The van der Waals surface area contributed by atoms with Gasteiger partial charge in [0.1, 0.15) is 19.3 Å². The van der Waals surface area contributed by atoms with Gasteiger partial charge < -0.3 is 18.9 Å². The van der Waals surface area contributed by atoms with Gasteiger partial charge in [-0.3, -0.25) is 0 Å². The number of ether oxygens (including phenoxy) is 4. The molecule has 2 atom stereocenters. The number of thiazole rings is 1. The van der Waals surface area contributed by atoms with Crippen molar-refractivity contribution in [2.75, 3.05) is 19.8 Å². The largest absolute Gasteiger partial charge is 0.508 e. The van der Waals surface area contributed by atoms with Gasteiger partial charge >= 0.3 is 6.16 Å². The van der Waals surface area contributed by atoms with Crippen molar-refractivity contribution in [1.29, 1.82) is 0 Å². The predicted molar refractivity (Wildman–Crippen MR) is 154 cm³/mol. The van der Waals surface area contributed by atoms with Crippen molar-refractivity contribution in [1.82, 2.24) is 0 Å². The Labute approximate surface area is 236 Å². The van der Waals surface area contributed by atoms with Crippen LogP contribution in [0.3, 0.4) is 0 Å². The zero-order chi connectivity index (χ0) is 26.9. The fourth-order valence-electron chi connectivity index (χ4n) is 4.93. The van der Waals surface area contributed by atoms with E-state index in [4.69, 9.17) is 18.9 Å². The molecule has 0 radical (unpaired) electrons. The van der Waals surface area contributed by atoms with Gasteiger partial charge in [-0.25, -0.2) is 4.79 Å². The number of aryl methyl sites for hydroxylation is 1. The summed E-state index contributed by atoms with van der Waals surface area (Å²) in [7, 11) is 0. The predicted octanol–water partition coefficient (Wildman–Crippen LogP) is 8.75. The highest BCUT2D eigenvalue weighted by atomic mass is 32.1. The first-order valence-corrected chi connectivity index (χ1v) is 16.7. The average Bonchev–Trinajstić information content (AvgIpc) is 3.61. The maximum absolute atomic E-state index is 11.8. The SMILES string of the molecule is CCCCCCCCCCCCCCCCCC1OCC(COC(=O)OCCCCCC[n+]2ccsc2)O1. The normalized spacial score (nSPS) is 17.2. The molecule has 1 aliphatic rings. The molecule has 1 aromatic rings. The highest BCUT2D eigenvalue weighted by molar-refractivity contribution is 7.07. The van der Waals surface area contributed by atoms with Crippen LogP contribution in [0.1, 0.15) is 135 Å². The molecule has 38 heavy (non-hydrogen) atoms. The van der Waals surface area contributed by atoms with Crippen LogP contribution in [-0.4, -0.2) is 38.4 Å². The van der Waals surface area contributed by atoms with Crippen molar-refractivity contribution in [2.45, 2.75) is 154 Å². The van der Waals surface area contributed by atoms with E-state index in [0.717, 1.165) is 45.1 Å². The van der Waals surface area contributed by atoms with Gasteiger partial charge in [0.05, 0.1) is 18.6 Å². The lowest BCUT2D eigenvalue weighted by atomic mass is 10.0. The number of aromatic nitrogens is 1. The third-order valence-corrected chi connectivity index (χ3v) is 7.97. The maximum Gasteiger partial charge on any atom is 0.508 e. The molecule has 1 saturated heterocycles. The molecule has 1 aromatic heterocycles. The molecule has 6 nitrogen and oxygen atoms in total. The van der Waals surface area contributed by atoms with Crippen molar-refractivity contribution in [2.24, 2.45) is 0 Å². The average molecular weight is 555 g/mol. The Bertz CT molecular complexity index is 657. The van der Waals surface area contributed by atoms with E-state index in [1.807, 2.05) is 0 Å². The van der Waals surface area contributed by atoms with E-state index in [9.17, 15) is 4.79 Å². The van der Waals surface area contributed by atoms with Gasteiger partial charge in [-0.1, -0.05) is 108 Å². The zero-order valence-corrected chi connectivity index (χ0v) is 25.1. The van der Waals surface area contributed by atoms with Crippen LogP contribution in [0.4, 0.5) is 4.79 Å². The van der Waals surface area contributed by atoms with Crippen LogP contribution in [0, 0.1) is 0 Å². The molecular weight excluding hydrogens is 498 g/mol. The third kappa shape index (κ3) is 18.2. The topological polar surface area (TPSA) is 57.9 Å². The summed E-state index contributed by atoms with van der Waals surface area (Å²) in [6, 6.07) is 0. The van der Waals surface area contributed by atoms with Crippen molar-refractivity contribution >= 4 is 17.5 Å². The van der Waals surface area contributed by atoms with Crippen LogP contribution < -0.4 is 4.57 Å². The molecule has 0 spiro atoms. The number of hydrogen-bond acceptors (Lipinski definition) is 6. The smallest absolute Gasteiger partial charge is 0.434 e. The second-order valence-corrected chi connectivity index (χ2v) is 11.6. The van der Waals surface area contributed by atoms with Crippen molar-refractivity contribution in [3.8, 4) is 0 Å².